The lowest BCUT2D eigenvalue weighted by Crippen LogP contribution is -2.14. The van der Waals surface area contributed by atoms with Crippen molar-refractivity contribution in [2.45, 2.75) is 0 Å². The van der Waals surface area contributed by atoms with Gasteiger partial charge in [0.25, 0.3) is 5.91 Å². The van der Waals surface area contributed by atoms with Gasteiger partial charge in [0.1, 0.15) is 12.1 Å². The maximum Gasteiger partial charge on any atom is 0.335 e. The number of carbonyl (C=O) groups is 2. The van der Waals surface area contributed by atoms with Crippen molar-refractivity contribution < 1.29 is 19.1 Å². The van der Waals surface area contributed by atoms with E-state index in [0.29, 0.717) is 0 Å². The molecule has 1 heterocycles. The van der Waals surface area contributed by atoms with Crippen molar-refractivity contribution in [3.8, 4) is 0 Å². The molecule has 1 aromatic carbocycles. The number of rotatable bonds is 3. The van der Waals surface area contributed by atoms with E-state index in [1.165, 1.54) is 30.9 Å². The van der Waals surface area contributed by atoms with E-state index in [-0.39, 0.29) is 16.8 Å². The average Bonchev–Trinajstić information content (AvgIpc) is 2.41. The van der Waals surface area contributed by atoms with Gasteiger partial charge in [-0.15, -0.1) is 0 Å². The molecule has 2 rings (SSSR count). The number of hydrogen-bond donors (Lipinski definition) is 2. The zero-order valence-electron chi connectivity index (χ0n) is 9.50. The van der Waals surface area contributed by atoms with Crippen LogP contribution in [0.25, 0.3) is 0 Å². The molecule has 0 saturated carbocycles. The monoisotopic (exact) mass is 261 g/mol. The average molecular weight is 261 g/mol. The van der Waals surface area contributed by atoms with Gasteiger partial charge in [0.2, 0.25) is 0 Å². The standard InChI is InChI=1S/C12H8FN3O3/c13-9-3-7(12(18)19)1-2-10(9)16-11(17)8-4-14-6-15-5-8/h1-6H,(H,16,17)(H,18,19). The van der Waals surface area contributed by atoms with E-state index >= 15 is 0 Å². The molecule has 0 bridgehead atoms. The summed E-state index contributed by atoms with van der Waals surface area (Å²) in [6.07, 6.45) is 3.83. The lowest BCUT2D eigenvalue weighted by molar-refractivity contribution is 0.0696. The van der Waals surface area contributed by atoms with Crippen LogP contribution in [0.3, 0.4) is 0 Å². The van der Waals surface area contributed by atoms with Crippen LogP contribution in [0.1, 0.15) is 20.7 Å². The first-order chi connectivity index (χ1) is 9.08. The van der Waals surface area contributed by atoms with E-state index in [9.17, 15) is 14.0 Å². The lowest BCUT2D eigenvalue weighted by atomic mass is 10.2. The SMILES string of the molecule is O=C(O)c1ccc(NC(=O)c2cncnc2)c(F)c1. The van der Waals surface area contributed by atoms with Crippen molar-refractivity contribution in [3.63, 3.8) is 0 Å². The van der Waals surface area contributed by atoms with Crippen molar-refractivity contribution in [1.29, 1.82) is 0 Å². The number of aromatic nitrogens is 2. The van der Waals surface area contributed by atoms with E-state index in [0.717, 1.165) is 6.07 Å². The second-order valence-corrected chi connectivity index (χ2v) is 3.58. The Morgan fingerprint density at radius 3 is 2.42 bits per heavy atom. The van der Waals surface area contributed by atoms with Gasteiger partial charge in [0.05, 0.1) is 16.8 Å². The van der Waals surface area contributed by atoms with Gasteiger partial charge < -0.3 is 10.4 Å². The molecule has 1 amide bonds. The summed E-state index contributed by atoms with van der Waals surface area (Å²) in [5, 5.41) is 11.0. The molecule has 0 unspecified atom stereocenters. The van der Waals surface area contributed by atoms with Crippen LogP contribution in [-0.2, 0) is 0 Å². The summed E-state index contributed by atoms with van der Waals surface area (Å²) in [5.74, 6) is -2.65. The third kappa shape index (κ3) is 2.89. The van der Waals surface area contributed by atoms with Crippen molar-refractivity contribution in [1.82, 2.24) is 9.97 Å². The van der Waals surface area contributed by atoms with Gasteiger partial charge in [-0.3, -0.25) is 4.79 Å². The molecule has 0 aliphatic rings. The Hall–Kier alpha value is -2.83. The minimum absolute atomic E-state index is 0.112. The Kier molecular flexibility index (Phi) is 3.46. The van der Waals surface area contributed by atoms with Crippen molar-refractivity contribution in [2.75, 3.05) is 5.32 Å². The second kappa shape index (κ2) is 5.21. The fraction of sp³-hybridized carbons (Fsp3) is 0. The highest BCUT2D eigenvalue weighted by atomic mass is 19.1. The van der Waals surface area contributed by atoms with E-state index < -0.39 is 17.7 Å². The summed E-state index contributed by atoms with van der Waals surface area (Å²) in [6.45, 7) is 0. The summed E-state index contributed by atoms with van der Waals surface area (Å²) < 4.78 is 13.6. The summed E-state index contributed by atoms with van der Waals surface area (Å²) >= 11 is 0. The van der Waals surface area contributed by atoms with E-state index in [2.05, 4.69) is 15.3 Å². The molecule has 0 radical (unpaired) electrons. The highest BCUT2D eigenvalue weighted by Crippen LogP contribution is 2.16. The van der Waals surface area contributed by atoms with Crippen LogP contribution >= 0.6 is 0 Å². The molecule has 0 aliphatic carbocycles. The topological polar surface area (TPSA) is 92.2 Å². The van der Waals surface area contributed by atoms with Gasteiger partial charge in [0, 0.05) is 12.4 Å². The third-order valence-electron chi connectivity index (χ3n) is 2.29. The Balaban J connectivity index is 2.20. The largest absolute Gasteiger partial charge is 0.478 e. The summed E-state index contributed by atoms with van der Waals surface area (Å²) in [7, 11) is 0. The van der Waals surface area contributed by atoms with Crippen LogP contribution in [0.15, 0.2) is 36.9 Å². The molecule has 19 heavy (non-hydrogen) atoms. The molecule has 0 spiro atoms. The first-order valence-corrected chi connectivity index (χ1v) is 5.17. The number of hydrogen-bond acceptors (Lipinski definition) is 4. The Morgan fingerprint density at radius 2 is 1.84 bits per heavy atom. The molecule has 7 heteroatoms. The quantitative estimate of drug-likeness (QED) is 0.874. The number of carboxylic acid groups (broad SMARTS) is 1. The molecular formula is C12H8FN3O3. The minimum Gasteiger partial charge on any atom is -0.478 e. The van der Waals surface area contributed by atoms with Crippen molar-refractivity contribution >= 4 is 17.6 Å². The van der Waals surface area contributed by atoms with Crippen LogP contribution in [0.4, 0.5) is 10.1 Å². The Morgan fingerprint density at radius 1 is 1.16 bits per heavy atom. The number of carboxylic acids is 1. The second-order valence-electron chi connectivity index (χ2n) is 3.58. The first kappa shape index (κ1) is 12.6. The fourth-order valence-corrected chi connectivity index (χ4v) is 1.36. The maximum absolute atomic E-state index is 13.6. The molecule has 6 nitrogen and oxygen atoms in total. The van der Waals surface area contributed by atoms with Gasteiger partial charge in [0.15, 0.2) is 0 Å². The molecule has 1 aromatic heterocycles. The number of anilines is 1. The predicted molar refractivity (Wildman–Crippen MR) is 63.3 cm³/mol. The molecule has 2 N–H and O–H groups in total. The van der Waals surface area contributed by atoms with Crippen LogP contribution in [0.2, 0.25) is 0 Å². The number of amides is 1. The van der Waals surface area contributed by atoms with Crippen molar-refractivity contribution in [3.05, 3.63) is 53.9 Å². The van der Waals surface area contributed by atoms with Crippen LogP contribution in [-0.4, -0.2) is 27.0 Å². The fourth-order valence-electron chi connectivity index (χ4n) is 1.36. The molecule has 0 aliphatic heterocycles. The number of aromatic carboxylic acids is 1. The van der Waals surface area contributed by atoms with E-state index in [1.807, 2.05) is 0 Å². The third-order valence-corrected chi connectivity index (χ3v) is 2.29. The van der Waals surface area contributed by atoms with Crippen LogP contribution in [0, 0.1) is 5.82 Å². The number of nitrogens with zero attached hydrogens (tertiary/aromatic N) is 2. The number of benzene rings is 1. The summed E-state index contributed by atoms with van der Waals surface area (Å²) in [5.41, 5.74) is -0.137. The van der Waals surface area contributed by atoms with Crippen LogP contribution < -0.4 is 5.32 Å². The normalized spacial score (nSPS) is 9.95. The van der Waals surface area contributed by atoms with Gasteiger partial charge in [-0.05, 0) is 18.2 Å². The number of carbonyl (C=O) groups excluding carboxylic acids is 1. The smallest absolute Gasteiger partial charge is 0.335 e. The van der Waals surface area contributed by atoms with Gasteiger partial charge in [-0.1, -0.05) is 0 Å². The van der Waals surface area contributed by atoms with Gasteiger partial charge in [-0.2, -0.15) is 0 Å². The molecule has 96 valence electrons. The van der Waals surface area contributed by atoms with Gasteiger partial charge >= 0.3 is 5.97 Å². The zero-order valence-corrected chi connectivity index (χ0v) is 9.50. The van der Waals surface area contributed by atoms with E-state index in [4.69, 9.17) is 5.11 Å². The van der Waals surface area contributed by atoms with Crippen LogP contribution in [0.5, 0.6) is 0 Å². The maximum atomic E-state index is 13.6. The molecular weight excluding hydrogens is 253 g/mol. The summed E-state index contributed by atoms with van der Waals surface area (Å²) in [4.78, 5) is 29.7. The molecule has 0 fully saturated rings. The number of halogens is 1. The predicted octanol–water partition coefficient (Wildman–Crippen LogP) is 1.57. The van der Waals surface area contributed by atoms with E-state index in [1.54, 1.807) is 0 Å². The van der Waals surface area contributed by atoms with Gasteiger partial charge in [-0.25, -0.2) is 19.2 Å². The first-order valence-electron chi connectivity index (χ1n) is 5.17. The summed E-state index contributed by atoms with van der Waals surface area (Å²) in [6, 6.07) is 3.21. The highest BCUT2D eigenvalue weighted by Gasteiger charge is 2.12. The minimum atomic E-state index is -1.24. The lowest BCUT2D eigenvalue weighted by Gasteiger charge is -2.06. The number of nitrogens with one attached hydrogen (secondary N) is 1. The Labute approximate surface area is 106 Å². The zero-order chi connectivity index (χ0) is 13.8. The Bertz CT molecular complexity index is 631. The molecule has 2 aromatic rings. The molecule has 0 saturated heterocycles. The van der Waals surface area contributed by atoms with Crippen molar-refractivity contribution in [2.24, 2.45) is 0 Å². The molecule has 0 atom stereocenters. The highest BCUT2D eigenvalue weighted by molar-refractivity contribution is 6.04.